The molecule has 0 spiro atoms. The summed E-state index contributed by atoms with van der Waals surface area (Å²) in [5.74, 6) is -3.41. The van der Waals surface area contributed by atoms with Crippen molar-refractivity contribution in [3.8, 4) is 0 Å². The van der Waals surface area contributed by atoms with Gasteiger partial charge < -0.3 is 0 Å². The number of benzene rings is 2. The highest BCUT2D eigenvalue weighted by Crippen LogP contribution is 2.22. The first kappa shape index (κ1) is 25.6. The summed E-state index contributed by atoms with van der Waals surface area (Å²) in [5.41, 5.74) is 5.91. The van der Waals surface area contributed by atoms with Gasteiger partial charge in [-0.15, -0.1) is 0 Å². The maximum atomic E-state index is 12.0. The zero-order valence-electron chi connectivity index (χ0n) is 20.5. The maximum absolute atomic E-state index is 12.0. The highest BCUT2D eigenvalue weighted by atomic mass is 16.2. The first-order valence-corrected chi connectivity index (χ1v) is 11.8. The Kier molecular flexibility index (Phi) is 6.88. The molecule has 0 unspecified atom stereocenters. The van der Waals surface area contributed by atoms with E-state index in [4.69, 9.17) is 0 Å². The first-order valence-electron chi connectivity index (χ1n) is 11.8. The van der Waals surface area contributed by atoms with Crippen LogP contribution in [0.25, 0.3) is 0 Å². The number of nitrogens with zero attached hydrogens (tertiary/aromatic N) is 4. The summed E-state index contributed by atoms with van der Waals surface area (Å²) in [7, 11) is 0. The summed E-state index contributed by atoms with van der Waals surface area (Å²) < 4.78 is 0. The van der Waals surface area contributed by atoms with Crippen LogP contribution in [0.3, 0.4) is 0 Å². The van der Waals surface area contributed by atoms with E-state index in [2.05, 4.69) is 20.8 Å². The van der Waals surface area contributed by atoms with Crippen molar-refractivity contribution in [2.75, 3.05) is 0 Å². The number of pyridine rings is 2. The van der Waals surface area contributed by atoms with Crippen molar-refractivity contribution in [2.24, 2.45) is 0 Å². The average Bonchev–Trinajstić information content (AvgIpc) is 3.39. The van der Waals surface area contributed by atoms with Crippen LogP contribution in [0, 0.1) is 0 Å². The quantitative estimate of drug-likeness (QED) is 0.377. The SMILES string of the molecule is O=C(NN1C(=O)c2ccccc2C1=O)c1ccccn1.O=C(NN1C(=O)c2ccccc2C1=O)c1ccccn1. The topological polar surface area (TPSA) is 159 Å². The Labute approximate surface area is 226 Å². The first-order chi connectivity index (χ1) is 19.4. The molecular formula is C28H18N6O6. The minimum atomic E-state index is -0.611. The molecule has 0 aliphatic carbocycles. The fourth-order valence-corrected chi connectivity index (χ4v) is 3.89. The second-order valence-corrected chi connectivity index (χ2v) is 8.29. The van der Waals surface area contributed by atoms with Gasteiger partial charge in [-0.05, 0) is 48.5 Å². The number of rotatable bonds is 4. The minimum Gasteiger partial charge on any atom is -0.267 e. The number of carbonyl (C=O) groups excluding carboxylic acids is 6. The molecule has 2 N–H and O–H groups in total. The summed E-state index contributed by atoms with van der Waals surface area (Å²) in [6, 6.07) is 22.4. The van der Waals surface area contributed by atoms with E-state index in [1.807, 2.05) is 0 Å². The highest BCUT2D eigenvalue weighted by Gasteiger charge is 2.37. The van der Waals surface area contributed by atoms with Crippen molar-refractivity contribution in [1.29, 1.82) is 0 Å². The van der Waals surface area contributed by atoms with E-state index >= 15 is 0 Å². The number of aromatic nitrogens is 2. The number of fused-ring (bicyclic) bond motifs is 2. The van der Waals surface area contributed by atoms with Gasteiger partial charge in [-0.2, -0.15) is 10.0 Å². The molecule has 196 valence electrons. The van der Waals surface area contributed by atoms with E-state index in [0.29, 0.717) is 10.0 Å². The van der Waals surface area contributed by atoms with Crippen molar-refractivity contribution < 1.29 is 28.8 Å². The van der Waals surface area contributed by atoms with Gasteiger partial charge >= 0.3 is 0 Å². The van der Waals surface area contributed by atoms with E-state index < -0.39 is 35.4 Å². The molecule has 0 saturated heterocycles. The van der Waals surface area contributed by atoms with Crippen LogP contribution in [0.4, 0.5) is 0 Å². The lowest BCUT2D eigenvalue weighted by Crippen LogP contribution is -2.46. The van der Waals surface area contributed by atoms with Crippen molar-refractivity contribution in [3.05, 3.63) is 131 Å². The molecular weight excluding hydrogens is 516 g/mol. The molecule has 2 aliphatic rings. The Balaban J connectivity index is 0.000000161. The summed E-state index contributed by atoms with van der Waals surface area (Å²) in [6.45, 7) is 0. The third-order valence-corrected chi connectivity index (χ3v) is 5.81. The molecule has 0 fully saturated rings. The standard InChI is InChI=1S/2C14H9N3O3/c2*18-12(11-7-3-4-8-15-11)16-17-13(19)9-5-1-2-6-10(9)14(17)20/h2*1-8H,(H,16,18). The van der Waals surface area contributed by atoms with Gasteiger partial charge in [0.2, 0.25) is 0 Å². The third kappa shape index (κ3) is 4.79. The van der Waals surface area contributed by atoms with Crippen LogP contribution in [-0.4, -0.2) is 55.4 Å². The highest BCUT2D eigenvalue weighted by molar-refractivity contribution is 6.22. The Morgan fingerprint density at radius 2 is 0.775 bits per heavy atom. The maximum Gasteiger partial charge on any atom is 0.288 e. The van der Waals surface area contributed by atoms with Crippen molar-refractivity contribution in [3.63, 3.8) is 0 Å². The normalized spacial score (nSPS) is 13.3. The lowest BCUT2D eigenvalue weighted by Gasteiger charge is -2.14. The van der Waals surface area contributed by atoms with E-state index in [1.165, 1.54) is 24.5 Å². The van der Waals surface area contributed by atoms with E-state index in [-0.39, 0.29) is 33.6 Å². The van der Waals surface area contributed by atoms with Crippen LogP contribution in [0.15, 0.2) is 97.3 Å². The Morgan fingerprint density at radius 3 is 1.05 bits per heavy atom. The average molecular weight is 534 g/mol. The van der Waals surface area contributed by atoms with Gasteiger partial charge in [-0.1, -0.05) is 36.4 Å². The smallest absolute Gasteiger partial charge is 0.267 e. The molecule has 0 radical (unpaired) electrons. The van der Waals surface area contributed by atoms with Gasteiger partial charge in [0, 0.05) is 12.4 Å². The molecule has 0 saturated carbocycles. The predicted octanol–water partition coefficient (Wildman–Crippen LogP) is 2.05. The van der Waals surface area contributed by atoms with Crippen LogP contribution in [-0.2, 0) is 0 Å². The number of hydrogen-bond donors (Lipinski definition) is 2. The van der Waals surface area contributed by atoms with E-state index in [0.717, 1.165) is 0 Å². The second kappa shape index (κ2) is 10.8. The second-order valence-electron chi connectivity index (χ2n) is 8.29. The van der Waals surface area contributed by atoms with Crippen LogP contribution >= 0.6 is 0 Å². The fraction of sp³-hybridized carbons (Fsp3) is 0. The lowest BCUT2D eigenvalue weighted by atomic mass is 10.1. The Hall–Kier alpha value is -6.04. The van der Waals surface area contributed by atoms with Gasteiger partial charge in [0.1, 0.15) is 11.4 Å². The molecule has 2 aliphatic heterocycles. The largest absolute Gasteiger partial charge is 0.288 e. The molecule has 2 aromatic carbocycles. The van der Waals surface area contributed by atoms with Crippen molar-refractivity contribution in [1.82, 2.24) is 30.8 Å². The van der Waals surface area contributed by atoms with Gasteiger partial charge in [0.15, 0.2) is 0 Å². The van der Waals surface area contributed by atoms with E-state index in [9.17, 15) is 28.8 Å². The van der Waals surface area contributed by atoms with Gasteiger partial charge in [0.25, 0.3) is 35.4 Å². The Morgan fingerprint density at radius 1 is 0.475 bits per heavy atom. The van der Waals surface area contributed by atoms with Gasteiger partial charge in [0.05, 0.1) is 22.3 Å². The summed E-state index contributed by atoms with van der Waals surface area (Å²) in [4.78, 5) is 79.7. The van der Waals surface area contributed by atoms with Crippen molar-refractivity contribution in [2.45, 2.75) is 0 Å². The number of nitrogens with one attached hydrogen (secondary N) is 2. The summed E-state index contributed by atoms with van der Waals surface area (Å²) in [5, 5.41) is 1.42. The van der Waals surface area contributed by atoms with E-state index in [1.54, 1.807) is 72.8 Å². The number of hydrogen-bond acceptors (Lipinski definition) is 8. The minimum absolute atomic E-state index is 0.129. The van der Waals surface area contributed by atoms with Crippen molar-refractivity contribution >= 4 is 35.4 Å². The number of carbonyl (C=O) groups is 6. The Bertz CT molecular complexity index is 1480. The molecule has 0 atom stereocenters. The van der Waals surface area contributed by atoms with Crippen LogP contribution < -0.4 is 10.9 Å². The molecule has 6 amide bonds. The molecule has 4 aromatic rings. The summed E-state index contributed by atoms with van der Waals surface area (Å²) in [6.07, 6.45) is 2.91. The monoisotopic (exact) mass is 534 g/mol. The molecule has 40 heavy (non-hydrogen) atoms. The predicted molar refractivity (Wildman–Crippen MR) is 137 cm³/mol. The summed E-state index contributed by atoms with van der Waals surface area (Å²) >= 11 is 0. The van der Waals surface area contributed by atoms with Crippen LogP contribution in [0.5, 0.6) is 0 Å². The third-order valence-electron chi connectivity index (χ3n) is 5.81. The fourth-order valence-electron chi connectivity index (χ4n) is 3.89. The molecule has 12 nitrogen and oxygen atoms in total. The molecule has 2 aromatic heterocycles. The number of amides is 6. The zero-order chi connectivity index (χ0) is 28.2. The van der Waals surface area contributed by atoms with Crippen LogP contribution in [0.2, 0.25) is 0 Å². The van der Waals surface area contributed by atoms with Crippen LogP contribution in [0.1, 0.15) is 62.4 Å². The molecule has 4 heterocycles. The zero-order valence-corrected chi connectivity index (χ0v) is 20.5. The number of hydrazine groups is 2. The lowest BCUT2D eigenvalue weighted by molar-refractivity contribution is 0.0512. The number of imide groups is 2. The van der Waals surface area contributed by atoms with Gasteiger partial charge in [-0.3, -0.25) is 49.6 Å². The molecule has 12 heteroatoms. The van der Waals surface area contributed by atoms with Gasteiger partial charge in [-0.25, -0.2) is 0 Å². The molecule has 0 bridgehead atoms. The molecule has 6 rings (SSSR count).